The van der Waals surface area contributed by atoms with Crippen LogP contribution in [0, 0.1) is 0 Å². The molecule has 0 saturated heterocycles. The van der Waals surface area contributed by atoms with Gasteiger partial charge in [0, 0.05) is 12.0 Å². The van der Waals surface area contributed by atoms with Gasteiger partial charge in [0.1, 0.15) is 5.75 Å². The molecule has 0 atom stereocenters. The van der Waals surface area contributed by atoms with Gasteiger partial charge in [-0.15, -0.1) is 11.8 Å². The van der Waals surface area contributed by atoms with Crippen LogP contribution in [0.1, 0.15) is 39.7 Å². The highest BCUT2D eigenvalue weighted by Gasteiger charge is 2.26. The monoisotopic (exact) mass is 418 g/mol. The van der Waals surface area contributed by atoms with Gasteiger partial charge in [0.2, 0.25) is 0 Å². The fourth-order valence-electron chi connectivity index (χ4n) is 2.63. The van der Waals surface area contributed by atoms with Crippen molar-refractivity contribution in [3.63, 3.8) is 0 Å². The second-order valence-electron chi connectivity index (χ2n) is 6.22. The van der Waals surface area contributed by atoms with Crippen molar-refractivity contribution >= 4 is 23.8 Å². The molecule has 1 aromatic carbocycles. The van der Waals surface area contributed by atoms with Crippen LogP contribution in [0.15, 0.2) is 72.9 Å². The molecule has 0 aliphatic heterocycles. The second kappa shape index (κ2) is 14.6. The molecule has 0 aliphatic rings. The summed E-state index contributed by atoms with van der Waals surface area (Å²) in [6.45, 7) is 8.16. The number of aryl methyl sites for hydroxylation is 1. The van der Waals surface area contributed by atoms with Crippen LogP contribution in [0.2, 0.25) is 0 Å². The van der Waals surface area contributed by atoms with Gasteiger partial charge in [0.15, 0.2) is 4.93 Å². The van der Waals surface area contributed by atoms with E-state index in [-0.39, 0.29) is 5.25 Å². The van der Waals surface area contributed by atoms with Crippen molar-refractivity contribution < 1.29 is 8.92 Å². The standard InChI is InChI=1S/C24H34O2S2/c1-6-11-23(12-7-2)28-26-24(18-8-3,19-9-4)27-20-10-13-21-14-16-22(25-5)17-15-21/h6-9,11-12,14-19,23H,10,13,20H2,1-5H3. The van der Waals surface area contributed by atoms with E-state index in [0.717, 1.165) is 24.3 Å². The van der Waals surface area contributed by atoms with E-state index in [1.807, 2.05) is 51.6 Å². The number of allylic oxidation sites excluding steroid dienone is 4. The molecule has 0 radical (unpaired) electrons. The van der Waals surface area contributed by atoms with Crippen molar-refractivity contribution in [3.05, 3.63) is 78.4 Å². The summed E-state index contributed by atoms with van der Waals surface area (Å²) in [5, 5.41) is 0.213. The molecular formula is C24H34O2S2. The van der Waals surface area contributed by atoms with Crippen LogP contribution in [-0.4, -0.2) is 23.0 Å². The molecule has 1 rings (SSSR count). The number of thioether (sulfide) groups is 1. The molecule has 0 amide bonds. The summed E-state index contributed by atoms with van der Waals surface area (Å²) in [5.74, 6) is 1.92. The van der Waals surface area contributed by atoms with Crippen molar-refractivity contribution in [3.8, 4) is 5.75 Å². The summed E-state index contributed by atoms with van der Waals surface area (Å²) in [4.78, 5) is -0.449. The largest absolute Gasteiger partial charge is 0.497 e. The van der Waals surface area contributed by atoms with Crippen molar-refractivity contribution in [2.24, 2.45) is 0 Å². The fraction of sp³-hybridized carbons (Fsp3) is 0.417. The van der Waals surface area contributed by atoms with Gasteiger partial charge in [-0.2, -0.15) is 0 Å². The molecule has 0 saturated carbocycles. The Morgan fingerprint density at radius 3 is 2.04 bits per heavy atom. The quantitative estimate of drug-likeness (QED) is 0.144. The van der Waals surface area contributed by atoms with Crippen LogP contribution in [0.4, 0.5) is 0 Å². The van der Waals surface area contributed by atoms with Crippen molar-refractivity contribution in [1.82, 2.24) is 0 Å². The molecule has 2 nitrogen and oxygen atoms in total. The molecule has 0 aromatic heterocycles. The lowest BCUT2D eigenvalue weighted by Crippen LogP contribution is -2.22. The summed E-state index contributed by atoms with van der Waals surface area (Å²) in [6, 6.07) is 8.32. The van der Waals surface area contributed by atoms with E-state index in [1.165, 1.54) is 17.6 Å². The van der Waals surface area contributed by atoms with E-state index in [4.69, 9.17) is 8.92 Å². The molecule has 154 valence electrons. The van der Waals surface area contributed by atoms with Crippen molar-refractivity contribution in [2.45, 2.75) is 50.7 Å². The van der Waals surface area contributed by atoms with Gasteiger partial charge in [-0.05, 0) is 76.1 Å². The van der Waals surface area contributed by atoms with E-state index in [0.29, 0.717) is 0 Å². The van der Waals surface area contributed by atoms with Gasteiger partial charge in [0.25, 0.3) is 0 Å². The molecule has 0 unspecified atom stereocenters. The Balaban J connectivity index is 2.69. The van der Waals surface area contributed by atoms with E-state index < -0.39 is 4.93 Å². The first-order valence-electron chi connectivity index (χ1n) is 9.77. The third kappa shape index (κ3) is 9.22. The Labute approximate surface area is 180 Å². The fourth-order valence-corrected chi connectivity index (χ4v) is 4.83. The molecule has 0 bridgehead atoms. The lowest BCUT2D eigenvalue weighted by atomic mass is 10.1. The first-order chi connectivity index (χ1) is 13.6. The first kappa shape index (κ1) is 24.7. The first-order valence-corrected chi connectivity index (χ1v) is 11.6. The van der Waals surface area contributed by atoms with Crippen LogP contribution in [-0.2, 0) is 10.6 Å². The van der Waals surface area contributed by atoms with E-state index in [2.05, 4.69) is 60.7 Å². The van der Waals surface area contributed by atoms with Gasteiger partial charge in [0.05, 0.1) is 12.4 Å². The molecule has 0 heterocycles. The summed E-state index contributed by atoms with van der Waals surface area (Å²) in [6.07, 6.45) is 19.0. The zero-order valence-corrected chi connectivity index (χ0v) is 19.4. The minimum Gasteiger partial charge on any atom is -0.497 e. The van der Waals surface area contributed by atoms with Crippen LogP contribution < -0.4 is 4.74 Å². The maximum atomic E-state index is 6.35. The number of benzene rings is 1. The minimum atomic E-state index is -0.449. The number of hydrogen-bond acceptors (Lipinski definition) is 4. The average Bonchev–Trinajstić information content (AvgIpc) is 2.71. The maximum absolute atomic E-state index is 6.35. The Hall–Kier alpha value is -1.36. The predicted molar refractivity (Wildman–Crippen MR) is 128 cm³/mol. The van der Waals surface area contributed by atoms with Gasteiger partial charge in [-0.1, -0.05) is 48.6 Å². The SMILES string of the molecule is CC=CC(C=CC)SOC(C=CC)(C=CC)SCCCc1ccc(OC)cc1. The number of rotatable bonds is 13. The summed E-state index contributed by atoms with van der Waals surface area (Å²) in [7, 11) is 1.70. The summed E-state index contributed by atoms with van der Waals surface area (Å²) >= 11 is 3.34. The third-order valence-corrected chi connectivity index (χ3v) is 6.26. The molecule has 0 fully saturated rings. The minimum absolute atomic E-state index is 0.213. The second-order valence-corrected chi connectivity index (χ2v) is 8.46. The van der Waals surface area contributed by atoms with Crippen LogP contribution in [0.25, 0.3) is 0 Å². The maximum Gasteiger partial charge on any atom is 0.165 e. The molecule has 0 aliphatic carbocycles. The molecule has 1 aromatic rings. The predicted octanol–water partition coefficient (Wildman–Crippen LogP) is 7.40. The Morgan fingerprint density at radius 2 is 1.54 bits per heavy atom. The molecule has 0 N–H and O–H groups in total. The molecule has 0 spiro atoms. The zero-order valence-electron chi connectivity index (χ0n) is 17.8. The van der Waals surface area contributed by atoms with Gasteiger partial charge >= 0.3 is 0 Å². The van der Waals surface area contributed by atoms with Crippen molar-refractivity contribution in [1.29, 1.82) is 0 Å². The highest BCUT2D eigenvalue weighted by Crippen LogP contribution is 2.37. The lowest BCUT2D eigenvalue weighted by Gasteiger charge is -2.27. The van der Waals surface area contributed by atoms with Gasteiger partial charge in [-0.3, -0.25) is 4.18 Å². The van der Waals surface area contributed by atoms with Gasteiger partial charge in [-0.25, -0.2) is 0 Å². The van der Waals surface area contributed by atoms with E-state index in [1.54, 1.807) is 7.11 Å². The highest BCUT2D eigenvalue weighted by molar-refractivity contribution is 8.02. The zero-order chi connectivity index (χ0) is 20.7. The Kier molecular flexibility index (Phi) is 12.9. The smallest absolute Gasteiger partial charge is 0.165 e. The Morgan fingerprint density at radius 1 is 0.929 bits per heavy atom. The van der Waals surface area contributed by atoms with Crippen LogP contribution in [0.5, 0.6) is 5.75 Å². The molecule has 4 heteroatoms. The average molecular weight is 419 g/mol. The van der Waals surface area contributed by atoms with Crippen LogP contribution >= 0.6 is 23.8 Å². The third-order valence-electron chi connectivity index (χ3n) is 3.95. The summed E-state index contributed by atoms with van der Waals surface area (Å²) < 4.78 is 11.6. The summed E-state index contributed by atoms with van der Waals surface area (Å²) in [5.41, 5.74) is 1.33. The normalized spacial score (nSPS) is 15.8. The van der Waals surface area contributed by atoms with Crippen LogP contribution in [0.3, 0.4) is 0 Å². The highest BCUT2D eigenvalue weighted by atomic mass is 32.2. The number of hydrogen-bond donors (Lipinski definition) is 0. The Bertz CT molecular complexity index is 621. The number of ether oxygens (including phenoxy) is 1. The lowest BCUT2D eigenvalue weighted by molar-refractivity contribution is 0.314. The van der Waals surface area contributed by atoms with E-state index >= 15 is 0 Å². The molecular weight excluding hydrogens is 384 g/mol. The number of methoxy groups -OCH3 is 1. The van der Waals surface area contributed by atoms with Gasteiger partial charge < -0.3 is 4.74 Å². The molecule has 28 heavy (non-hydrogen) atoms. The van der Waals surface area contributed by atoms with Crippen molar-refractivity contribution in [2.75, 3.05) is 12.9 Å². The topological polar surface area (TPSA) is 18.5 Å². The van der Waals surface area contributed by atoms with E-state index in [9.17, 15) is 0 Å².